The molecule has 2 heteroatoms. The third-order valence-corrected chi connectivity index (χ3v) is 2.33. The highest BCUT2D eigenvalue weighted by Gasteiger charge is 2.03. The highest BCUT2D eigenvalue weighted by Crippen LogP contribution is 2.11. The number of ether oxygens (including phenoxy) is 1. The molecule has 0 aliphatic heterocycles. The Bertz CT molecular complexity index is 305. The molecule has 2 nitrogen and oxygen atoms in total. The van der Waals surface area contributed by atoms with Crippen LogP contribution in [0.1, 0.15) is 38.3 Å². The Morgan fingerprint density at radius 3 is 2.25 bits per heavy atom. The van der Waals surface area contributed by atoms with Crippen LogP contribution in [0.15, 0.2) is 24.3 Å². The van der Waals surface area contributed by atoms with E-state index in [1.54, 1.807) is 0 Å². The second kappa shape index (κ2) is 8.96. The molecule has 0 fully saturated rings. The molecule has 0 aliphatic rings. The van der Waals surface area contributed by atoms with E-state index in [1.165, 1.54) is 18.2 Å². The van der Waals surface area contributed by atoms with Crippen LogP contribution >= 0.6 is 0 Å². The Balaban J connectivity index is 0.00000106. The summed E-state index contributed by atoms with van der Waals surface area (Å²) in [5.41, 5.74) is 2.57. The molecular weight excluding hydrogens is 200 g/mol. The quantitative estimate of drug-likeness (QED) is 0.730. The molecule has 0 saturated carbocycles. The lowest BCUT2D eigenvalue weighted by Gasteiger charge is -2.06. The van der Waals surface area contributed by atoms with E-state index in [9.17, 15) is 4.79 Å². The molecule has 0 aliphatic carbocycles. The lowest BCUT2D eigenvalue weighted by atomic mass is 10.0. The number of carbonyl (C=O) groups is 1. The van der Waals surface area contributed by atoms with E-state index < -0.39 is 0 Å². The van der Waals surface area contributed by atoms with Crippen molar-refractivity contribution in [2.75, 3.05) is 7.11 Å². The molecule has 16 heavy (non-hydrogen) atoms. The van der Waals surface area contributed by atoms with Crippen LogP contribution in [0.2, 0.25) is 0 Å². The Morgan fingerprint density at radius 2 is 1.75 bits per heavy atom. The van der Waals surface area contributed by atoms with Gasteiger partial charge in [0.25, 0.3) is 0 Å². The zero-order chi connectivity index (χ0) is 12.4. The van der Waals surface area contributed by atoms with Crippen molar-refractivity contribution in [1.29, 1.82) is 0 Å². The molecule has 0 unspecified atom stereocenters. The number of hydrogen-bond donors (Lipinski definition) is 0. The van der Waals surface area contributed by atoms with E-state index in [4.69, 9.17) is 0 Å². The fourth-order valence-corrected chi connectivity index (χ4v) is 1.49. The van der Waals surface area contributed by atoms with Gasteiger partial charge in [0.2, 0.25) is 0 Å². The van der Waals surface area contributed by atoms with Crippen LogP contribution < -0.4 is 0 Å². The van der Waals surface area contributed by atoms with Gasteiger partial charge in [-0.05, 0) is 24.0 Å². The molecule has 0 radical (unpaired) electrons. The number of methoxy groups -OCH3 is 1. The molecule has 1 aromatic carbocycles. The summed E-state index contributed by atoms with van der Waals surface area (Å²) in [5.74, 6) is -0.143. The van der Waals surface area contributed by atoms with Crippen molar-refractivity contribution in [3.63, 3.8) is 0 Å². The first-order chi connectivity index (χ1) is 7.77. The SMILES string of the molecule is CC.CCc1ccccc1CCC(=O)OC. The molecule has 1 aromatic rings. The van der Waals surface area contributed by atoms with E-state index >= 15 is 0 Å². The van der Waals surface area contributed by atoms with Crippen molar-refractivity contribution in [3.05, 3.63) is 35.4 Å². The maximum absolute atomic E-state index is 11.0. The summed E-state index contributed by atoms with van der Waals surface area (Å²) < 4.78 is 4.61. The highest BCUT2D eigenvalue weighted by atomic mass is 16.5. The van der Waals surface area contributed by atoms with Gasteiger partial charge >= 0.3 is 5.97 Å². The largest absolute Gasteiger partial charge is 0.469 e. The van der Waals surface area contributed by atoms with E-state index in [0.29, 0.717) is 6.42 Å². The summed E-state index contributed by atoms with van der Waals surface area (Å²) in [5, 5.41) is 0. The van der Waals surface area contributed by atoms with Crippen molar-refractivity contribution >= 4 is 5.97 Å². The zero-order valence-corrected chi connectivity index (χ0v) is 10.7. The Labute approximate surface area is 98.6 Å². The van der Waals surface area contributed by atoms with Crippen LogP contribution in [0.3, 0.4) is 0 Å². The van der Waals surface area contributed by atoms with Crippen LogP contribution in [0.25, 0.3) is 0 Å². The molecule has 1 rings (SSSR count). The summed E-state index contributed by atoms with van der Waals surface area (Å²) in [6.45, 7) is 6.12. The zero-order valence-electron chi connectivity index (χ0n) is 10.7. The van der Waals surface area contributed by atoms with Crippen LogP contribution in [-0.4, -0.2) is 13.1 Å². The van der Waals surface area contributed by atoms with E-state index in [2.05, 4.69) is 23.8 Å². The van der Waals surface area contributed by atoms with Crippen LogP contribution in [0, 0.1) is 0 Å². The van der Waals surface area contributed by atoms with Crippen molar-refractivity contribution in [2.24, 2.45) is 0 Å². The second-order valence-electron chi connectivity index (χ2n) is 3.20. The van der Waals surface area contributed by atoms with Gasteiger partial charge in [0.05, 0.1) is 7.11 Å². The molecular formula is C14H22O2. The van der Waals surface area contributed by atoms with Gasteiger partial charge in [0.15, 0.2) is 0 Å². The predicted octanol–water partition coefficient (Wildman–Crippen LogP) is 3.38. The summed E-state index contributed by atoms with van der Waals surface area (Å²) in [4.78, 5) is 11.0. The maximum atomic E-state index is 11.0. The first kappa shape index (κ1) is 14.7. The average Bonchev–Trinajstić information content (AvgIpc) is 2.38. The number of benzene rings is 1. The van der Waals surface area contributed by atoms with Gasteiger partial charge in [-0.25, -0.2) is 0 Å². The lowest BCUT2D eigenvalue weighted by molar-refractivity contribution is -0.140. The Hall–Kier alpha value is -1.31. The van der Waals surface area contributed by atoms with Crippen LogP contribution in [0.5, 0.6) is 0 Å². The van der Waals surface area contributed by atoms with Gasteiger partial charge in [-0.1, -0.05) is 45.0 Å². The lowest BCUT2D eigenvalue weighted by Crippen LogP contribution is -2.03. The van der Waals surface area contributed by atoms with E-state index in [0.717, 1.165) is 12.8 Å². The van der Waals surface area contributed by atoms with Crippen molar-refractivity contribution < 1.29 is 9.53 Å². The number of esters is 1. The van der Waals surface area contributed by atoms with Gasteiger partial charge < -0.3 is 4.74 Å². The van der Waals surface area contributed by atoms with Gasteiger partial charge in [0.1, 0.15) is 0 Å². The topological polar surface area (TPSA) is 26.3 Å². The molecule has 0 amide bonds. The molecule has 0 aromatic heterocycles. The van der Waals surface area contributed by atoms with Gasteiger partial charge in [-0.15, -0.1) is 0 Å². The standard InChI is InChI=1S/C12H16O2.C2H6/c1-3-10-6-4-5-7-11(10)8-9-12(13)14-2;1-2/h4-7H,3,8-9H2,1-2H3;1-2H3. The van der Waals surface area contributed by atoms with E-state index in [1.807, 2.05) is 26.0 Å². The fourth-order valence-electron chi connectivity index (χ4n) is 1.49. The number of carbonyl (C=O) groups excluding carboxylic acids is 1. The number of aryl methyl sites for hydroxylation is 2. The second-order valence-corrected chi connectivity index (χ2v) is 3.20. The minimum Gasteiger partial charge on any atom is -0.469 e. The molecule has 0 spiro atoms. The van der Waals surface area contributed by atoms with Gasteiger partial charge in [-0.2, -0.15) is 0 Å². The molecule has 0 atom stereocenters. The summed E-state index contributed by atoms with van der Waals surface area (Å²) >= 11 is 0. The Morgan fingerprint density at radius 1 is 1.19 bits per heavy atom. The minimum absolute atomic E-state index is 0.143. The number of hydrogen-bond acceptors (Lipinski definition) is 2. The fraction of sp³-hybridized carbons (Fsp3) is 0.500. The van der Waals surface area contributed by atoms with Crippen LogP contribution in [0.4, 0.5) is 0 Å². The third-order valence-electron chi connectivity index (χ3n) is 2.33. The maximum Gasteiger partial charge on any atom is 0.305 e. The first-order valence-electron chi connectivity index (χ1n) is 5.91. The smallest absolute Gasteiger partial charge is 0.305 e. The highest BCUT2D eigenvalue weighted by molar-refractivity contribution is 5.69. The molecule has 0 N–H and O–H groups in total. The minimum atomic E-state index is -0.143. The van der Waals surface area contributed by atoms with Crippen molar-refractivity contribution in [2.45, 2.75) is 40.0 Å². The third kappa shape index (κ3) is 4.96. The molecule has 0 saturated heterocycles. The Kier molecular flexibility index (Phi) is 8.22. The summed E-state index contributed by atoms with van der Waals surface area (Å²) in [6.07, 6.45) is 2.25. The number of rotatable bonds is 4. The molecule has 0 bridgehead atoms. The normalized spacial score (nSPS) is 9.00. The average molecular weight is 222 g/mol. The van der Waals surface area contributed by atoms with Crippen molar-refractivity contribution in [3.8, 4) is 0 Å². The van der Waals surface area contributed by atoms with Gasteiger partial charge in [0, 0.05) is 6.42 Å². The van der Waals surface area contributed by atoms with Crippen LogP contribution in [-0.2, 0) is 22.4 Å². The van der Waals surface area contributed by atoms with Crippen molar-refractivity contribution in [1.82, 2.24) is 0 Å². The monoisotopic (exact) mass is 222 g/mol. The first-order valence-corrected chi connectivity index (χ1v) is 5.91. The molecule has 90 valence electrons. The van der Waals surface area contributed by atoms with E-state index in [-0.39, 0.29) is 5.97 Å². The summed E-state index contributed by atoms with van der Waals surface area (Å²) in [6, 6.07) is 8.21. The summed E-state index contributed by atoms with van der Waals surface area (Å²) in [7, 11) is 1.42. The molecule has 0 heterocycles. The predicted molar refractivity (Wildman–Crippen MR) is 67.5 cm³/mol. The van der Waals surface area contributed by atoms with Gasteiger partial charge in [-0.3, -0.25) is 4.79 Å².